The van der Waals surface area contributed by atoms with Gasteiger partial charge in [-0.3, -0.25) is 9.59 Å². The molecule has 0 aliphatic heterocycles. The van der Waals surface area contributed by atoms with Crippen LogP contribution in [0, 0.1) is 13.8 Å². The number of carbonyl (C=O) groups excluding carboxylic acids is 2. The third-order valence-corrected chi connectivity index (χ3v) is 4.18. The van der Waals surface area contributed by atoms with Crippen molar-refractivity contribution in [2.75, 3.05) is 10.6 Å². The number of anilines is 2. The van der Waals surface area contributed by atoms with Crippen molar-refractivity contribution < 1.29 is 9.59 Å². The van der Waals surface area contributed by atoms with Crippen molar-refractivity contribution in [3.8, 4) is 0 Å². The summed E-state index contributed by atoms with van der Waals surface area (Å²) in [5.74, 6) is -0.463. The Morgan fingerprint density at radius 1 is 0.704 bits per heavy atom. The van der Waals surface area contributed by atoms with Crippen LogP contribution >= 0.6 is 11.6 Å². The zero-order chi connectivity index (χ0) is 19.4. The van der Waals surface area contributed by atoms with Crippen LogP contribution in [-0.2, 0) is 0 Å². The van der Waals surface area contributed by atoms with E-state index in [0.29, 0.717) is 27.5 Å². The van der Waals surface area contributed by atoms with Gasteiger partial charge in [0.1, 0.15) is 0 Å². The number of carbonyl (C=O) groups is 2. The van der Waals surface area contributed by atoms with E-state index in [-0.39, 0.29) is 11.8 Å². The summed E-state index contributed by atoms with van der Waals surface area (Å²) in [4.78, 5) is 24.8. The molecule has 3 aromatic carbocycles. The van der Waals surface area contributed by atoms with Gasteiger partial charge in [-0.1, -0.05) is 40.9 Å². The topological polar surface area (TPSA) is 58.2 Å². The van der Waals surface area contributed by atoms with Crippen molar-refractivity contribution in [2.45, 2.75) is 13.8 Å². The van der Waals surface area contributed by atoms with E-state index in [0.717, 1.165) is 11.1 Å². The molecule has 0 aliphatic rings. The molecule has 0 saturated heterocycles. The molecule has 0 unspecified atom stereocenters. The number of hydrogen-bond acceptors (Lipinski definition) is 2. The van der Waals surface area contributed by atoms with Gasteiger partial charge in [-0.05, 0) is 62.4 Å². The molecule has 3 aromatic rings. The first-order chi connectivity index (χ1) is 12.9. The van der Waals surface area contributed by atoms with Crippen LogP contribution in [0.15, 0.2) is 66.7 Å². The van der Waals surface area contributed by atoms with Crippen molar-refractivity contribution in [2.24, 2.45) is 0 Å². The van der Waals surface area contributed by atoms with Gasteiger partial charge < -0.3 is 10.6 Å². The van der Waals surface area contributed by atoms with Crippen LogP contribution < -0.4 is 10.6 Å². The fraction of sp³-hybridized carbons (Fsp3) is 0.0909. The first-order valence-electron chi connectivity index (χ1n) is 8.47. The number of rotatable bonds is 4. The van der Waals surface area contributed by atoms with Gasteiger partial charge in [0, 0.05) is 27.5 Å². The van der Waals surface area contributed by atoms with Gasteiger partial charge in [0.05, 0.1) is 0 Å². The average molecular weight is 379 g/mol. The molecule has 0 heterocycles. The number of amides is 2. The second kappa shape index (κ2) is 8.06. The molecular formula is C22H19ClN2O2. The van der Waals surface area contributed by atoms with Crippen molar-refractivity contribution in [3.05, 3.63) is 94.0 Å². The lowest BCUT2D eigenvalue weighted by Gasteiger charge is -2.10. The van der Waals surface area contributed by atoms with E-state index in [4.69, 9.17) is 11.6 Å². The lowest BCUT2D eigenvalue weighted by atomic mass is 10.1. The van der Waals surface area contributed by atoms with E-state index in [1.54, 1.807) is 48.5 Å². The van der Waals surface area contributed by atoms with Crippen molar-refractivity contribution in [1.82, 2.24) is 0 Å². The monoisotopic (exact) mass is 378 g/mol. The molecular weight excluding hydrogens is 360 g/mol. The Hall–Kier alpha value is -3.11. The third kappa shape index (κ3) is 4.96. The van der Waals surface area contributed by atoms with Crippen LogP contribution in [0.5, 0.6) is 0 Å². The van der Waals surface area contributed by atoms with E-state index in [1.165, 1.54) is 0 Å². The summed E-state index contributed by atoms with van der Waals surface area (Å²) in [5, 5.41) is 6.17. The molecule has 0 fully saturated rings. The fourth-order valence-corrected chi connectivity index (χ4v) is 3.01. The first kappa shape index (κ1) is 18.7. The highest BCUT2D eigenvalue weighted by atomic mass is 35.5. The molecule has 4 nitrogen and oxygen atoms in total. The third-order valence-electron chi connectivity index (χ3n) is 3.95. The van der Waals surface area contributed by atoms with E-state index >= 15 is 0 Å². The summed E-state index contributed by atoms with van der Waals surface area (Å²) >= 11 is 5.93. The molecule has 136 valence electrons. The molecule has 0 bridgehead atoms. The van der Waals surface area contributed by atoms with Gasteiger partial charge in [0.25, 0.3) is 11.8 Å². The molecule has 2 N–H and O–H groups in total. The number of benzene rings is 3. The Kier molecular flexibility index (Phi) is 5.57. The highest BCUT2D eigenvalue weighted by Crippen LogP contribution is 2.19. The van der Waals surface area contributed by atoms with Crippen LogP contribution in [0.3, 0.4) is 0 Å². The summed E-state index contributed by atoms with van der Waals surface area (Å²) < 4.78 is 0. The minimum absolute atomic E-state index is 0.194. The fourth-order valence-electron chi connectivity index (χ4n) is 2.82. The van der Waals surface area contributed by atoms with Gasteiger partial charge in [0.15, 0.2) is 0 Å². The molecule has 27 heavy (non-hydrogen) atoms. The summed E-state index contributed by atoms with van der Waals surface area (Å²) in [6.07, 6.45) is 0. The summed E-state index contributed by atoms with van der Waals surface area (Å²) in [6.45, 7) is 3.91. The van der Waals surface area contributed by atoms with Gasteiger partial charge in [0.2, 0.25) is 0 Å². The summed E-state index contributed by atoms with van der Waals surface area (Å²) in [7, 11) is 0. The molecule has 3 rings (SSSR count). The van der Waals surface area contributed by atoms with Crippen LogP contribution in [0.25, 0.3) is 0 Å². The van der Waals surface area contributed by atoms with Gasteiger partial charge in [-0.15, -0.1) is 0 Å². The largest absolute Gasteiger partial charge is 0.322 e. The molecule has 0 saturated carbocycles. The van der Waals surface area contributed by atoms with E-state index < -0.39 is 0 Å². The predicted octanol–water partition coefficient (Wildman–Crippen LogP) is 5.46. The minimum atomic E-state index is -0.268. The van der Waals surface area contributed by atoms with Crippen LogP contribution in [-0.4, -0.2) is 11.8 Å². The zero-order valence-electron chi connectivity index (χ0n) is 15.0. The molecule has 2 amide bonds. The maximum Gasteiger partial charge on any atom is 0.255 e. The van der Waals surface area contributed by atoms with Crippen molar-refractivity contribution in [3.63, 3.8) is 0 Å². The average Bonchev–Trinajstić information content (AvgIpc) is 2.61. The quantitative estimate of drug-likeness (QED) is 0.633. The highest BCUT2D eigenvalue weighted by Gasteiger charge is 2.10. The summed E-state index contributed by atoms with van der Waals surface area (Å²) in [5.41, 5.74) is 4.31. The van der Waals surface area contributed by atoms with E-state index in [9.17, 15) is 9.59 Å². The Morgan fingerprint density at radius 2 is 1.26 bits per heavy atom. The van der Waals surface area contributed by atoms with E-state index in [2.05, 4.69) is 10.6 Å². The molecule has 0 aromatic heterocycles. The molecule has 0 aliphatic carbocycles. The smallest absolute Gasteiger partial charge is 0.255 e. The minimum Gasteiger partial charge on any atom is -0.322 e. The second-order valence-electron chi connectivity index (χ2n) is 6.38. The number of hydrogen-bond donors (Lipinski definition) is 2. The van der Waals surface area contributed by atoms with Gasteiger partial charge in [-0.2, -0.15) is 0 Å². The van der Waals surface area contributed by atoms with Crippen LogP contribution in [0.4, 0.5) is 11.4 Å². The van der Waals surface area contributed by atoms with Gasteiger partial charge >= 0.3 is 0 Å². The Bertz CT molecular complexity index is 994. The maximum absolute atomic E-state index is 12.5. The predicted molar refractivity (Wildman–Crippen MR) is 110 cm³/mol. The number of nitrogens with one attached hydrogen (secondary N) is 2. The first-order valence-corrected chi connectivity index (χ1v) is 8.85. The highest BCUT2D eigenvalue weighted by molar-refractivity contribution is 6.31. The van der Waals surface area contributed by atoms with Crippen molar-refractivity contribution in [1.29, 1.82) is 0 Å². The number of aryl methyl sites for hydroxylation is 2. The normalized spacial score (nSPS) is 10.3. The SMILES string of the molecule is Cc1cc(C)cc(C(=O)Nc2cccc(NC(=O)c3cccc(Cl)c3)c2)c1. The lowest BCUT2D eigenvalue weighted by molar-refractivity contribution is 0.101. The van der Waals surface area contributed by atoms with Crippen LogP contribution in [0.2, 0.25) is 5.02 Å². The second-order valence-corrected chi connectivity index (χ2v) is 6.81. The molecule has 0 atom stereocenters. The Balaban J connectivity index is 1.73. The summed E-state index contributed by atoms with van der Waals surface area (Å²) in [6, 6.07) is 19.4. The zero-order valence-corrected chi connectivity index (χ0v) is 15.8. The Morgan fingerprint density at radius 3 is 1.85 bits per heavy atom. The molecule has 0 radical (unpaired) electrons. The standard InChI is InChI=1S/C22H19ClN2O2/c1-14-9-15(2)11-17(10-14)22(27)25-20-8-4-7-19(13-20)24-21(26)16-5-3-6-18(23)12-16/h3-13H,1-2H3,(H,24,26)(H,25,27). The molecule has 5 heteroatoms. The maximum atomic E-state index is 12.5. The van der Waals surface area contributed by atoms with Gasteiger partial charge in [-0.25, -0.2) is 0 Å². The number of halogens is 1. The van der Waals surface area contributed by atoms with E-state index in [1.807, 2.05) is 32.0 Å². The van der Waals surface area contributed by atoms with Crippen LogP contribution in [0.1, 0.15) is 31.8 Å². The lowest BCUT2D eigenvalue weighted by Crippen LogP contribution is -2.14. The Labute approximate surface area is 163 Å². The molecule has 0 spiro atoms. The van der Waals surface area contributed by atoms with Crippen molar-refractivity contribution >= 4 is 34.8 Å².